The Morgan fingerprint density at radius 1 is 1.10 bits per heavy atom. The third-order valence-corrected chi connectivity index (χ3v) is 5.66. The van der Waals surface area contributed by atoms with E-state index in [1.165, 1.54) is 23.3 Å². The highest BCUT2D eigenvalue weighted by atomic mass is 32.2. The molecule has 0 atom stereocenters. The van der Waals surface area contributed by atoms with Gasteiger partial charge >= 0.3 is 0 Å². The molecule has 2 aromatic rings. The number of guanidine groups is 1. The maximum atomic E-state index is 11.3. The van der Waals surface area contributed by atoms with E-state index in [2.05, 4.69) is 33.8 Å². The number of rotatable bonds is 8. The lowest BCUT2D eigenvalue weighted by Crippen LogP contribution is -2.38. The zero-order chi connectivity index (χ0) is 20.7. The van der Waals surface area contributed by atoms with E-state index in [4.69, 9.17) is 9.88 Å². The molecule has 156 valence electrons. The summed E-state index contributed by atoms with van der Waals surface area (Å²) in [5.74, 6) is 1.78. The molecule has 4 N–H and O–H groups in total. The van der Waals surface area contributed by atoms with Crippen LogP contribution >= 0.6 is 0 Å². The molecule has 7 nitrogen and oxygen atoms in total. The molecule has 0 saturated heterocycles. The van der Waals surface area contributed by atoms with Crippen molar-refractivity contribution in [3.8, 4) is 5.75 Å². The van der Waals surface area contributed by atoms with E-state index in [9.17, 15) is 8.42 Å². The largest absolute Gasteiger partial charge is 0.493 e. The van der Waals surface area contributed by atoms with Crippen LogP contribution in [-0.2, 0) is 29.3 Å². The minimum atomic E-state index is -3.65. The number of hydrogen-bond acceptors (Lipinski definition) is 4. The van der Waals surface area contributed by atoms with Gasteiger partial charge < -0.3 is 15.4 Å². The molecule has 0 aliphatic carbocycles. The number of primary sulfonamides is 1. The lowest BCUT2D eigenvalue weighted by molar-refractivity contribution is 0.357. The Morgan fingerprint density at radius 3 is 2.59 bits per heavy atom. The van der Waals surface area contributed by atoms with Gasteiger partial charge in [0.05, 0.1) is 11.5 Å². The van der Waals surface area contributed by atoms with E-state index >= 15 is 0 Å². The third kappa shape index (κ3) is 6.20. The van der Waals surface area contributed by atoms with Crippen molar-refractivity contribution in [2.45, 2.75) is 31.1 Å². The third-order valence-electron chi connectivity index (χ3n) is 4.73. The van der Waals surface area contributed by atoms with Gasteiger partial charge in [0.15, 0.2) is 5.96 Å². The fraction of sp³-hybridized carbons (Fsp3) is 0.381. The average Bonchev–Trinajstić information content (AvgIpc) is 3.15. The first kappa shape index (κ1) is 21.1. The van der Waals surface area contributed by atoms with Gasteiger partial charge in [-0.05, 0) is 54.7 Å². The number of benzene rings is 2. The molecule has 0 amide bonds. The van der Waals surface area contributed by atoms with Crippen LogP contribution in [0.5, 0.6) is 5.75 Å². The van der Waals surface area contributed by atoms with Crippen LogP contribution in [0.25, 0.3) is 0 Å². The summed E-state index contributed by atoms with van der Waals surface area (Å²) in [6.45, 7) is 4.97. The Hall–Kier alpha value is -2.58. The van der Waals surface area contributed by atoms with E-state index in [1.54, 1.807) is 12.1 Å². The molecule has 1 aliphatic heterocycles. The van der Waals surface area contributed by atoms with E-state index < -0.39 is 10.0 Å². The van der Waals surface area contributed by atoms with E-state index in [0.717, 1.165) is 49.8 Å². The Labute approximate surface area is 172 Å². The van der Waals surface area contributed by atoms with Gasteiger partial charge in [0.2, 0.25) is 10.0 Å². The number of nitrogens with two attached hydrogens (primary N) is 1. The summed E-state index contributed by atoms with van der Waals surface area (Å²) in [6.07, 6.45) is 2.61. The first-order valence-corrected chi connectivity index (χ1v) is 11.4. The maximum absolute atomic E-state index is 11.3. The van der Waals surface area contributed by atoms with Gasteiger partial charge in [0, 0.05) is 26.1 Å². The van der Waals surface area contributed by atoms with Crippen LogP contribution in [-0.4, -0.2) is 40.6 Å². The molecule has 1 heterocycles. The SMILES string of the molecule is CCNC(=NCCc1ccc(S(N)(=O)=O)cc1)NCCc1ccc2c(c1)CCO2. The van der Waals surface area contributed by atoms with Crippen molar-refractivity contribution >= 4 is 16.0 Å². The average molecular weight is 417 g/mol. The number of fused-ring (bicyclic) bond motifs is 1. The predicted molar refractivity (Wildman–Crippen MR) is 115 cm³/mol. The van der Waals surface area contributed by atoms with Crippen LogP contribution in [0.3, 0.4) is 0 Å². The second-order valence-corrected chi connectivity index (χ2v) is 8.48. The number of aliphatic imine (C=N–C) groups is 1. The number of nitrogens with zero attached hydrogens (tertiary/aromatic N) is 1. The first-order valence-electron chi connectivity index (χ1n) is 9.84. The Bertz CT molecular complexity index is 956. The molecule has 2 aromatic carbocycles. The van der Waals surface area contributed by atoms with E-state index in [1.807, 2.05) is 6.92 Å². The van der Waals surface area contributed by atoms with Gasteiger partial charge in [0.25, 0.3) is 0 Å². The highest BCUT2D eigenvalue weighted by molar-refractivity contribution is 7.89. The number of nitrogens with one attached hydrogen (secondary N) is 2. The molecule has 8 heteroatoms. The lowest BCUT2D eigenvalue weighted by atomic mass is 10.1. The summed E-state index contributed by atoms with van der Waals surface area (Å²) in [5.41, 5.74) is 3.58. The van der Waals surface area contributed by atoms with Gasteiger partial charge in [-0.25, -0.2) is 13.6 Å². The van der Waals surface area contributed by atoms with Crippen LogP contribution in [0.15, 0.2) is 52.4 Å². The zero-order valence-corrected chi connectivity index (χ0v) is 17.5. The molecule has 0 radical (unpaired) electrons. The second kappa shape index (κ2) is 9.76. The smallest absolute Gasteiger partial charge is 0.238 e. The van der Waals surface area contributed by atoms with Gasteiger partial charge in [-0.1, -0.05) is 24.3 Å². The Kier molecular flexibility index (Phi) is 7.11. The van der Waals surface area contributed by atoms with Crippen LogP contribution in [0.1, 0.15) is 23.6 Å². The molecule has 3 rings (SSSR count). The van der Waals surface area contributed by atoms with Crippen molar-refractivity contribution in [1.29, 1.82) is 0 Å². The van der Waals surface area contributed by atoms with Crippen molar-refractivity contribution in [1.82, 2.24) is 10.6 Å². The minimum Gasteiger partial charge on any atom is -0.493 e. The molecule has 0 fully saturated rings. The van der Waals surface area contributed by atoms with E-state index in [0.29, 0.717) is 13.0 Å². The van der Waals surface area contributed by atoms with Gasteiger partial charge in [-0.15, -0.1) is 0 Å². The summed E-state index contributed by atoms with van der Waals surface area (Å²) in [7, 11) is -3.65. The summed E-state index contributed by atoms with van der Waals surface area (Å²) in [5, 5.41) is 11.7. The quantitative estimate of drug-likeness (QED) is 0.448. The van der Waals surface area contributed by atoms with Crippen LogP contribution in [0.2, 0.25) is 0 Å². The number of ether oxygens (including phenoxy) is 1. The van der Waals surface area contributed by atoms with Crippen LogP contribution in [0, 0.1) is 0 Å². The topological polar surface area (TPSA) is 106 Å². The summed E-state index contributed by atoms with van der Waals surface area (Å²) in [6, 6.07) is 13.0. The number of sulfonamides is 1. The molecular weight excluding hydrogens is 388 g/mol. The van der Waals surface area contributed by atoms with Crippen molar-refractivity contribution in [2.24, 2.45) is 10.1 Å². The van der Waals surface area contributed by atoms with Crippen LogP contribution < -0.4 is 20.5 Å². The van der Waals surface area contributed by atoms with Gasteiger partial charge in [-0.3, -0.25) is 4.99 Å². The zero-order valence-electron chi connectivity index (χ0n) is 16.6. The first-order chi connectivity index (χ1) is 14.0. The van der Waals surface area contributed by atoms with Crippen LogP contribution in [0.4, 0.5) is 0 Å². The molecule has 0 bridgehead atoms. The molecule has 0 aromatic heterocycles. The Balaban J connectivity index is 1.49. The normalized spacial score (nSPS) is 13.7. The standard InChI is InChI=1S/C21H28N4O3S/c1-2-23-21(24-12-9-16-3-6-19(7-4-16)29(22,26)27)25-13-10-17-5-8-20-18(15-17)11-14-28-20/h3-8,15H,2,9-14H2,1H3,(H2,22,26,27)(H2,23,24,25). The monoisotopic (exact) mass is 416 g/mol. The Morgan fingerprint density at radius 2 is 1.86 bits per heavy atom. The summed E-state index contributed by atoms with van der Waals surface area (Å²) < 4.78 is 28.2. The molecule has 0 spiro atoms. The molecule has 0 unspecified atom stereocenters. The fourth-order valence-electron chi connectivity index (χ4n) is 3.21. The fourth-order valence-corrected chi connectivity index (χ4v) is 3.72. The van der Waals surface area contributed by atoms with Gasteiger partial charge in [-0.2, -0.15) is 0 Å². The van der Waals surface area contributed by atoms with Crippen molar-refractivity contribution in [2.75, 3.05) is 26.2 Å². The molecule has 0 saturated carbocycles. The molecule has 29 heavy (non-hydrogen) atoms. The van der Waals surface area contributed by atoms with Crippen molar-refractivity contribution in [3.63, 3.8) is 0 Å². The van der Waals surface area contributed by atoms with Crippen molar-refractivity contribution < 1.29 is 13.2 Å². The lowest BCUT2D eigenvalue weighted by Gasteiger charge is -2.12. The maximum Gasteiger partial charge on any atom is 0.238 e. The second-order valence-electron chi connectivity index (χ2n) is 6.92. The highest BCUT2D eigenvalue weighted by Gasteiger charge is 2.11. The van der Waals surface area contributed by atoms with Gasteiger partial charge in [0.1, 0.15) is 5.75 Å². The minimum absolute atomic E-state index is 0.123. The summed E-state index contributed by atoms with van der Waals surface area (Å²) in [4.78, 5) is 4.72. The highest BCUT2D eigenvalue weighted by Crippen LogP contribution is 2.25. The molecular formula is C21H28N4O3S. The number of hydrogen-bond donors (Lipinski definition) is 3. The van der Waals surface area contributed by atoms with E-state index in [-0.39, 0.29) is 4.90 Å². The van der Waals surface area contributed by atoms with Crippen molar-refractivity contribution in [3.05, 3.63) is 59.2 Å². The predicted octanol–water partition coefficient (Wildman–Crippen LogP) is 1.61. The summed E-state index contributed by atoms with van der Waals surface area (Å²) >= 11 is 0. The molecule has 1 aliphatic rings.